The number of thioether (sulfide) groups is 1. The summed E-state index contributed by atoms with van der Waals surface area (Å²) < 4.78 is 1.63. The molecule has 0 amide bonds. The minimum atomic E-state index is -0.194. The molecule has 5 nitrogen and oxygen atoms in total. The molecular weight excluding hydrogens is 286 g/mol. The van der Waals surface area contributed by atoms with Gasteiger partial charge < -0.3 is 5.11 Å². The van der Waals surface area contributed by atoms with Crippen LogP contribution < -0.4 is 5.69 Å². The average molecular weight is 303 g/mol. The normalized spacial score (nSPS) is 10.5. The molecule has 1 heterocycles. The molecule has 0 fully saturated rings. The molecule has 6 heteroatoms. The van der Waals surface area contributed by atoms with Gasteiger partial charge in [0.1, 0.15) is 6.61 Å². The highest BCUT2D eigenvalue weighted by Gasteiger charge is 2.12. The van der Waals surface area contributed by atoms with Crippen molar-refractivity contribution in [3.63, 3.8) is 0 Å². The molecule has 0 atom stereocenters. The Hall–Kier alpha value is -1.97. The highest BCUT2D eigenvalue weighted by molar-refractivity contribution is 7.98. The number of rotatable bonds is 4. The molecule has 0 aliphatic rings. The number of aromatic nitrogens is 3. The van der Waals surface area contributed by atoms with Crippen molar-refractivity contribution in [3.05, 3.63) is 45.9 Å². The zero-order chi connectivity index (χ0) is 15.2. The summed E-state index contributed by atoms with van der Waals surface area (Å²) in [7, 11) is 0. The number of H-pyrrole nitrogens is 1. The van der Waals surface area contributed by atoms with Crippen molar-refractivity contribution in [3.8, 4) is 11.8 Å². The Morgan fingerprint density at radius 1 is 1.43 bits per heavy atom. The van der Waals surface area contributed by atoms with E-state index in [2.05, 4.69) is 22.0 Å². The highest BCUT2D eigenvalue weighted by atomic mass is 32.2. The Morgan fingerprint density at radius 2 is 2.19 bits per heavy atom. The maximum absolute atomic E-state index is 11.7. The van der Waals surface area contributed by atoms with Gasteiger partial charge in [0.15, 0.2) is 5.16 Å². The fourth-order valence-corrected chi connectivity index (χ4v) is 2.97. The van der Waals surface area contributed by atoms with Crippen LogP contribution >= 0.6 is 11.8 Å². The van der Waals surface area contributed by atoms with Crippen LogP contribution in [0.3, 0.4) is 0 Å². The molecule has 1 aromatic heterocycles. The molecule has 1 aromatic carbocycles. The van der Waals surface area contributed by atoms with Gasteiger partial charge in [-0.25, -0.2) is 9.89 Å². The Bertz CT molecular complexity index is 722. The summed E-state index contributed by atoms with van der Waals surface area (Å²) in [5.41, 5.74) is 1.74. The van der Waals surface area contributed by atoms with Crippen molar-refractivity contribution in [2.75, 3.05) is 6.61 Å². The number of aromatic amines is 1. The fraction of sp³-hybridized carbons (Fsp3) is 0.333. The predicted molar refractivity (Wildman–Crippen MR) is 83.2 cm³/mol. The molecule has 0 unspecified atom stereocenters. The first-order chi connectivity index (χ1) is 10.1. The Balaban J connectivity index is 2.19. The number of aliphatic hydroxyl groups excluding tert-OH is 1. The van der Waals surface area contributed by atoms with E-state index in [1.807, 2.05) is 38.1 Å². The lowest BCUT2D eigenvalue weighted by atomic mass is 10.1. The largest absolute Gasteiger partial charge is 0.384 e. The molecule has 0 aliphatic carbocycles. The summed E-state index contributed by atoms with van der Waals surface area (Å²) in [5, 5.41) is 16.0. The molecular formula is C15H17N3O2S. The number of benzene rings is 1. The molecule has 21 heavy (non-hydrogen) atoms. The highest BCUT2D eigenvalue weighted by Crippen LogP contribution is 2.23. The molecule has 0 saturated heterocycles. The van der Waals surface area contributed by atoms with E-state index in [1.165, 1.54) is 11.8 Å². The third kappa shape index (κ3) is 3.78. The molecule has 0 radical (unpaired) electrons. The van der Waals surface area contributed by atoms with Gasteiger partial charge in [0, 0.05) is 17.4 Å². The molecule has 2 N–H and O–H groups in total. The number of nitrogens with one attached hydrogen (secondary N) is 1. The summed E-state index contributed by atoms with van der Waals surface area (Å²) in [6, 6.07) is 7.81. The third-order valence-electron chi connectivity index (χ3n) is 2.86. The minimum absolute atomic E-state index is 0.0585. The smallest absolute Gasteiger partial charge is 0.344 e. The second-order valence-corrected chi connectivity index (χ2v) is 5.62. The maximum atomic E-state index is 11.7. The maximum Gasteiger partial charge on any atom is 0.344 e. The average Bonchev–Trinajstić information content (AvgIpc) is 2.85. The lowest BCUT2D eigenvalue weighted by Gasteiger charge is -2.09. The van der Waals surface area contributed by atoms with Gasteiger partial charge in [-0.3, -0.25) is 4.57 Å². The van der Waals surface area contributed by atoms with E-state index in [4.69, 9.17) is 5.11 Å². The second kappa shape index (κ2) is 7.16. The van der Waals surface area contributed by atoms with Gasteiger partial charge in [0.25, 0.3) is 0 Å². The number of hydrogen-bond acceptors (Lipinski definition) is 4. The van der Waals surface area contributed by atoms with Crippen LogP contribution in [0.25, 0.3) is 0 Å². The van der Waals surface area contributed by atoms with Gasteiger partial charge in [-0.15, -0.1) is 5.10 Å². The Kier molecular flexibility index (Phi) is 5.26. The van der Waals surface area contributed by atoms with Crippen LogP contribution in [0.4, 0.5) is 0 Å². The van der Waals surface area contributed by atoms with Crippen LogP contribution in [0, 0.1) is 11.8 Å². The van der Waals surface area contributed by atoms with Crippen molar-refractivity contribution >= 4 is 11.8 Å². The summed E-state index contributed by atoms with van der Waals surface area (Å²) in [4.78, 5) is 11.7. The third-order valence-corrected chi connectivity index (χ3v) is 3.87. The molecule has 0 spiro atoms. The van der Waals surface area contributed by atoms with Crippen molar-refractivity contribution in [2.45, 2.75) is 30.8 Å². The Morgan fingerprint density at radius 3 is 2.90 bits per heavy atom. The van der Waals surface area contributed by atoms with Crippen LogP contribution in [0.5, 0.6) is 0 Å². The fourth-order valence-electron chi connectivity index (χ4n) is 1.89. The summed E-state index contributed by atoms with van der Waals surface area (Å²) in [6.45, 7) is 3.73. The molecule has 0 aliphatic heterocycles. The summed E-state index contributed by atoms with van der Waals surface area (Å²) in [5.74, 6) is 6.25. The van der Waals surface area contributed by atoms with E-state index >= 15 is 0 Å². The van der Waals surface area contributed by atoms with Crippen LogP contribution in [-0.4, -0.2) is 26.5 Å². The standard InChI is InChI=1S/C15H17N3O2S/c1-11(2)18-14(20)16-17-15(18)21-10-13-7-4-3-6-12(13)8-5-9-19/h3-4,6-7,11,19H,9-10H2,1-2H3,(H,16,20). The number of aliphatic hydroxyl groups is 1. The lowest BCUT2D eigenvalue weighted by molar-refractivity contribution is 0.350. The van der Waals surface area contributed by atoms with Crippen molar-refractivity contribution < 1.29 is 5.11 Å². The molecule has 2 rings (SSSR count). The van der Waals surface area contributed by atoms with Crippen molar-refractivity contribution in [1.29, 1.82) is 0 Å². The lowest BCUT2D eigenvalue weighted by Crippen LogP contribution is -2.19. The number of hydrogen-bond donors (Lipinski definition) is 2. The molecule has 0 bridgehead atoms. The molecule has 2 aromatic rings. The van der Waals surface area contributed by atoms with Crippen LogP contribution in [0.1, 0.15) is 31.0 Å². The van der Waals surface area contributed by atoms with Crippen LogP contribution in [0.2, 0.25) is 0 Å². The van der Waals surface area contributed by atoms with E-state index < -0.39 is 0 Å². The van der Waals surface area contributed by atoms with E-state index in [9.17, 15) is 4.79 Å². The van der Waals surface area contributed by atoms with Gasteiger partial charge in [0.2, 0.25) is 0 Å². The van der Waals surface area contributed by atoms with Crippen molar-refractivity contribution in [1.82, 2.24) is 14.8 Å². The SMILES string of the molecule is CC(C)n1c(SCc2ccccc2C#CCO)n[nH]c1=O. The first kappa shape index (κ1) is 15.4. The van der Waals surface area contributed by atoms with Gasteiger partial charge in [-0.1, -0.05) is 41.8 Å². The number of nitrogens with zero attached hydrogens (tertiary/aromatic N) is 2. The van der Waals surface area contributed by atoms with Gasteiger partial charge in [-0.2, -0.15) is 0 Å². The summed E-state index contributed by atoms with van der Waals surface area (Å²) in [6.07, 6.45) is 0. The van der Waals surface area contributed by atoms with Gasteiger partial charge in [-0.05, 0) is 25.5 Å². The quantitative estimate of drug-likeness (QED) is 0.667. The van der Waals surface area contributed by atoms with E-state index in [-0.39, 0.29) is 18.3 Å². The zero-order valence-corrected chi connectivity index (χ0v) is 12.8. The zero-order valence-electron chi connectivity index (χ0n) is 12.0. The topological polar surface area (TPSA) is 70.9 Å². The predicted octanol–water partition coefficient (Wildman–Crippen LogP) is 1.79. The van der Waals surface area contributed by atoms with Gasteiger partial charge in [0.05, 0.1) is 0 Å². The second-order valence-electron chi connectivity index (χ2n) is 4.68. The van der Waals surface area contributed by atoms with E-state index in [1.54, 1.807) is 4.57 Å². The Labute approximate surface area is 127 Å². The first-order valence-electron chi connectivity index (χ1n) is 6.60. The molecule has 110 valence electrons. The summed E-state index contributed by atoms with van der Waals surface area (Å²) >= 11 is 1.49. The minimum Gasteiger partial charge on any atom is -0.384 e. The van der Waals surface area contributed by atoms with E-state index in [0.717, 1.165) is 11.1 Å². The van der Waals surface area contributed by atoms with Crippen LogP contribution in [0.15, 0.2) is 34.2 Å². The van der Waals surface area contributed by atoms with Gasteiger partial charge >= 0.3 is 5.69 Å². The van der Waals surface area contributed by atoms with Crippen LogP contribution in [-0.2, 0) is 5.75 Å². The van der Waals surface area contributed by atoms with Crippen molar-refractivity contribution in [2.24, 2.45) is 0 Å². The van der Waals surface area contributed by atoms with E-state index in [0.29, 0.717) is 10.9 Å². The first-order valence-corrected chi connectivity index (χ1v) is 7.59. The molecule has 0 saturated carbocycles. The monoisotopic (exact) mass is 303 g/mol.